The summed E-state index contributed by atoms with van der Waals surface area (Å²) in [4.78, 5) is 0. The van der Waals surface area contributed by atoms with Crippen LogP contribution in [0.3, 0.4) is 0 Å². The van der Waals surface area contributed by atoms with Gasteiger partial charge in [-0.1, -0.05) is 19.9 Å². The molecule has 3 nitrogen and oxygen atoms in total. The van der Waals surface area contributed by atoms with Gasteiger partial charge in [0.15, 0.2) is 0 Å². The SMILES string of the molecule is CC(C)c1c(CN)cnn1-c1cccc(F)c1. The summed E-state index contributed by atoms with van der Waals surface area (Å²) in [6.45, 7) is 4.60. The van der Waals surface area contributed by atoms with Crippen molar-refractivity contribution >= 4 is 0 Å². The van der Waals surface area contributed by atoms with Crippen LogP contribution in [0.4, 0.5) is 4.39 Å². The maximum absolute atomic E-state index is 13.2. The van der Waals surface area contributed by atoms with E-state index in [4.69, 9.17) is 5.73 Å². The van der Waals surface area contributed by atoms with Crippen molar-refractivity contribution in [2.75, 3.05) is 0 Å². The summed E-state index contributed by atoms with van der Waals surface area (Å²) in [5.74, 6) is 0.0290. The molecule has 0 aliphatic carbocycles. The molecule has 0 amide bonds. The van der Waals surface area contributed by atoms with Crippen LogP contribution in [0.5, 0.6) is 0 Å². The van der Waals surface area contributed by atoms with Gasteiger partial charge in [0.05, 0.1) is 17.6 Å². The zero-order valence-corrected chi connectivity index (χ0v) is 10.0. The van der Waals surface area contributed by atoms with E-state index in [0.717, 1.165) is 16.9 Å². The molecule has 0 radical (unpaired) electrons. The molecule has 17 heavy (non-hydrogen) atoms. The summed E-state index contributed by atoms with van der Waals surface area (Å²) in [7, 11) is 0. The number of halogens is 1. The van der Waals surface area contributed by atoms with Crippen molar-refractivity contribution in [1.82, 2.24) is 9.78 Å². The molecule has 2 aromatic rings. The van der Waals surface area contributed by atoms with Crippen molar-refractivity contribution in [3.8, 4) is 5.69 Å². The smallest absolute Gasteiger partial charge is 0.125 e. The molecule has 2 rings (SSSR count). The van der Waals surface area contributed by atoms with Gasteiger partial charge >= 0.3 is 0 Å². The van der Waals surface area contributed by atoms with Gasteiger partial charge in [0.2, 0.25) is 0 Å². The van der Waals surface area contributed by atoms with E-state index in [-0.39, 0.29) is 5.82 Å². The van der Waals surface area contributed by atoms with E-state index in [1.54, 1.807) is 16.9 Å². The minimum absolute atomic E-state index is 0.262. The fourth-order valence-corrected chi connectivity index (χ4v) is 1.98. The normalized spacial score (nSPS) is 11.1. The third-order valence-corrected chi connectivity index (χ3v) is 2.71. The van der Waals surface area contributed by atoms with Crippen molar-refractivity contribution in [3.05, 3.63) is 47.5 Å². The second-order valence-corrected chi connectivity index (χ2v) is 4.31. The maximum Gasteiger partial charge on any atom is 0.125 e. The van der Waals surface area contributed by atoms with Crippen molar-refractivity contribution in [2.45, 2.75) is 26.3 Å². The lowest BCUT2D eigenvalue weighted by atomic mass is 10.1. The molecule has 0 unspecified atom stereocenters. The average molecular weight is 233 g/mol. The number of hydrogen-bond acceptors (Lipinski definition) is 2. The Morgan fingerprint density at radius 3 is 2.76 bits per heavy atom. The molecule has 2 N–H and O–H groups in total. The first-order chi connectivity index (χ1) is 8.13. The molecule has 0 saturated carbocycles. The quantitative estimate of drug-likeness (QED) is 0.885. The Bertz CT molecular complexity index is 517. The summed E-state index contributed by atoms with van der Waals surface area (Å²) >= 11 is 0. The van der Waals surface area contributed by atoms with Gasteiger partial charge in [0.25, 0.3) is 0 Å². The topological polar surface area (TPSA) is 43.8 Å². The molecule has 1 aromatic carbocycles. The van der Waals surface area contributed by atoms with Gasteiger partial charge in [-0.3, -0.25) is 0 Å². The minimum Gasteiger partial charge on any atom is -0.326 e. The van der Waals surface area contributed by atoms with E-state index in [1.165, 1.54) is 12.1 Å². The minimum atomic E-state index is -0.262. The Hall–Kier alpha value is -1.68. The number of nitrogens with zero attached hydrogens (tertiary/aromatic N) is 2. The molecule has 0 aliphatic rings. The number of aromatic nitrogens is 2. The summed E-state index contributed by atoms with van der Waals surface area (Å²) in [5, 5.41) is 4.29. The summed E-state index contributed by atoms with van der Waals surface area (Å²) in [6.07, 6.45) is 1.75. The molecule has 0 spiro atoms. The zero-order valence-electron chi connectivity index (χ0n) is 10.0. The molecule has 0 atom stereocenters. The Morgan fingerprint density at radius 1 is 1.41 bits per heavy atom. The number of rotatable bonds is 3. The molecule has 90 valence electrons. The number of nitrogens with two attached hydrogens (primary N) is 1. The van der Waals surface area contributed by atoms with Crippen LogP contribution in [-0.2, 0) is 6.54 Å². The van der Waals surface area contributed by atoms with Gasteiger partial charge < -0.3 is 5.73 Å². The molecule has 4 heteroatoms. The summed E-state index contributed by atoms with van der Waals surface area (Å²) < 4.78 is 15.0. The maximum atomic E-state index is 13.2. The first-order valence-electron chi connectivity index (χ1n) is 5.66. The Labute approximate surface area is 100 Å². The van der Waals surface area contributed by atoms with Gasteiger partial charge in [-0.25, -0.2) is 9.07 Å². The third kappa shape index (κ3) is 2.22. The predicted molar refractivity (Wildman–Crippen MR) is 65.5 cm³/mol. The molecule has 0 aliphatic heterocycles. The Morgan fingerprint density at radius 2 is 2.18 bits per heavy atom. The van der Waals surface area contributed by atoms with Crippen LogP contribution >= 0.6 is 0 Å². The lowest BCUT2D eigenvalue weighted by Crippen LogP contribution is -2.07. The summed E-state index contributed by atoms with van der Waals surface area (Å²) in [5.41, 5.74) is 8.46. The van der Waals surface area contributed by atoms with Crippen LogP contribution in [0.2, 0.25) is 0 Å². The molecule has 0 saturated heterocycles. The molecule has 1 heterocycles. The van der Waals surface area contributed by atoms with E-state index in [1.807, 2.05) is 6.07 Å². The van der Waals surface area contributed by atoms with Crippen LogP contribution in [0.25, 0.3) is 5.69 Å². The highest BCUT2D eigenvalue weighted by Crippen LogP contribution is 2.22. The van der Waals surface area contributed by atoms with E-state index >= 15 is 0 Å². The molecular weight excluding hydrogens is 217 g/mol. The molecule has 1 aromatic heterocycles. The highest BCUT2D eigenvalue weighted by atomic mass is 19.1. The Kier molecular flexibility index (Phi) is 3.24. The number of benzene rings is 1. The van der Waals surface area contributed by atoms with Gasteiger partial charge in [0.1, 0.15) is 5.82 Å². The standard InChI is InChI=1S/C13H16FN3/c1-9(2)13-10(7-15)8-16-17(13)12-5-3-4-11(14)6-12/h3-6,8-9H,7,15H2,1-2H3. The predicted octanol–water partition coefficient (Wildman–Crippen LogP) is 2.59. The molecule has 0 bridgehead atoms. The monoisotopic (exact) mass is 233 g/mol. The van der Waals surface area contributed by atoms with Crippen molar-refractivity contribution in [3.63, 3.8) is 0 Å². The van der Waals surface area contributed by atoms with E-state index in [0.29, 0.717) is 12.5 Å². The fraction of sp³-hybridized carbons (Fsp3) is 0.308. The Balaban J connectivity index is 2.56. The average Bonchev–Trinajstić information content (AvgIpc) is 2.72. The van der Waals surface area contributed by atoms with Crippen molar-refractivity contribution in [1.29, 1.82) is 0 Å². The van der Waals surface area contributed by atoms with Gasteiger partial charge in [-0.15, -0.1) is 0 Å². The van der Waals surface area contributed by atoms with Crippen LogP contribution in [-0.4, -0.2) is 9.78 Å². The lowest BCUT2D eigenvalue weighted by Gasteiger charge is -2.12. The highest BCUT2D eigenvalue weighted by molar-refractivity contribution is 5.36. The lowest BCUT2D eigenvalue weighted by molar-refractivity contribution is 0.623. The second kappa shape index (κ2) is 4.67. The fourth-order valence-electron chi connectivity index (χ4n) is 1.98. The highest BCUT2D eigenvalue weighted by Gasteiger charge is 2.14. The van der Waals surface area contributed by atoms with Gasteiger partial charge in [-0.05, 0) is 24.1 Å². The molecular formula is C13H16FN3. The van der Waals surface area contributed by atoms with Gasteiger partial charge in [-0.2, -0.15) is 5.10 Å². The van der Waals surface area contributed by atoms with E-state index in [2.05, 4.69) is 18.9 Å². The van der Waals surface area contributed by atoms with Crippen LogP contribution in [0.1, 0.15) is 31.0 Å². The first kappa shape index (κ1) is 11.8. The van der Waals surface area contributed by atoms with E-state index < -0.39 is 0 Å². The second-order valence-electron chi connectivity index (χ2n) is 4.31. The van der Waals surface area contributed by atoms with E-state index in [9.17, 15) is 4.39 Å². The van der Waals surface area contributed by atoms with Crippen molar-refractivity contribution < 1.29 is 4.39 Å². The largest absolute Gasteiger partial charge is 0.326 e. The van der Waals surface area contributed by atoms with Gasteiger partial charge in [0, 0.05) is 12.1 Å². The first-order valence-corrected chi connectivity index (χ1v) is 5.66. The van der Waals surface area contributed by atoms with Crippen LogP contribution in [0, 0.1) is 5.82 Å². The van der Waals surface area contributed by atoms with Crippen LogP contribution in [0.15, 0.2) is 30.5 Å². The molecule has 0 fully saturated rings. The summed E-state index contributed by atoms with van der Waals surface area (Å²) in [6, 6.07) is 6.41. The van der Waals surface area contributed by atoms with Crippen molar-refractivity contribution in [2.24, 2.45) is 5.73 Å². The zero-order chi connectivity index (χ0) is 12.4. The third-order valence-electron chi connectivity index (χ3n) is 2.71. The van der Waals surface area contributed by atoms with Crippen LogP contribution < -0.4 is 5.73 Å². The number of hydrogen-bond donors (Lipinski definition) is 1.